The van der Waals surface area contributed by atoms with Crippen molar-refractivity contribution in [2.24, 2.45) is 0 Å². The molecule has 3 heteroatoms. The third kappa shape index (κ3) is 2.33. The van der Waals surface area contributed by atoms with Gasteiger partial charge >= 0.3 is 0 Å². The minimum Gasteiger partial charge on any atom is -0.420 e. The van der Waals surface area contributed by atoms with Crippen LogP contribution in [0, 0.1) is 0 Å². The first kappa shape index (κ1) is 11.2. The van der Waals surface area contributed by atoms with Gasteiger partial charge in [-0.2, -0.15) is 0 Å². The van der Waals surface area contributed by atoms with Crippen molar-refractivity contribution in [1.82, 2.24) is 0 Å². The molecular weight excluding hydrogens is 187 g/mol. The van der Waals surface area contributed by atoms with Crippen LogP contribution in [0.15, 0.2) is 30.3 Å². The average Bonchev–Trinajstić information content (AvgIpc) is 2.50. The van der Waals surface area contributed by atoms with Crippen LogP contribution in [0.4, 0.5) is 0 Å². The van der Waals surface area contributed by atoms with E-state index in [1.54, 1.807) is 7.11 Å². The fourth-order valence-electron chi connectivity index (χ4n) is 1.48. The number of benzene rings is 1. The molecule has 13 heavy (non-hydrogen) atoms. The first-order valence-electron chi connectivity index (χ1n) is 3.97. The van der Waals surface area contributed by atoms with Gasteiger partial charge < -0.3 is 4.43 Å². The summed E-state index contributed by atoms with van der Waals surface area (Å²) in [5.74, 6) is 0. The number of hydrogen-bond donors (Lipinski definition) is 0. The zero-order chi connectivity index (χ0) is 8.39. The Morgan fingerprint density at radius 3 is 2.85 bits per heavy atom. The molecule has 0 spiro atoms. The average molecular weight is 197 g/mol. The van der Waals surface area contributed by atoms with E-state index in [0.29, 0.717) is 15.3 Å². The van der Waals surface area contributed by atoms with Gasteiger partial charge in [-0.3, -0.25) is 0 Å². The summed E-state index contributed by atoms with van der Waals surface area (Å²) >= 11 is 0. The summed E-state index contributed by atoms with van der Waals surface area (Å²) in [6.07, 6.45) is 4.39. The van der Waals surface area contributed by atoms with E-state index < -0.39 is 0 Å². The fourth-order valence-corrected chi connectivity index (χ4v) is 2.30. The molecule has 61 valence electrons. The van der Waals surface area contributed by atoms with Crippen LogP contribution in [0.3, 0.4) is 0 Å². The van der Waals surface area contributed by atoms with E-state index in [0.717, 1.165) is 0 Å². The smallest absolute Gasteiger partial charge is 0.241 e. The molecule has 0 aromatic heterocycles. The maximum atomic E-state index is 5.16. The third-order valence-corrected chi connectivity index (χ3v) is 3.04. The second kappa shape index (κ2) is 5.13. The van der Waals surface area contributed by atoms with E-state index in [4.69, 9.17) is 4.43 Å². The molecule has 0 fully saturated rings. The minimum absolute atomic E-state index is 0. The summed E-state index contributed by atoms with van der Waals surface area (Å²) in [4.78, 5) is 0. The Morgan fingerprint density at radius 1 is 1.31 bits per heavy atom. The van der Waals surface area contributed by atoms with Crippen molar-refractivity contribution in [3.05, 3.63) is 41.5 Å². The van der Waals surface area contributed by atoms with Crippen LogP contribution in [0.2, 0.25) is 0 Å². The summed E-state index contributed by atoms with van der Waals surface area (Å²) in [5, 5.41) is 0. The predicted octanol–water partition coefficient (Wildman–Crippen LogP) is 1.64. The van der Waals surface area contributed by atoms with Crippen molar-refractivity contribution < 1.29 is 4.43 Å². The summed E-state index contributed by atoms with van der Waals surface area (Å²) < 4.78 is 5.16. The molecule has 0 aliphatic heterocycles. The van der Waals surface area contributed by atoms with Crippen LogP contribution in [0.1, 0.15) is 16.7 Å². The zero-order valence-corrected chi connectivity index (χ0v) is 10.9. The van der Waals surface area contributed by atoms with Gasteiger partial charge in [0, 0.05) is 42.2 Å². The van der Waals surface area contributed by atoms with Crippen LogP contribution in [-0.4, -0.2) is 46.4 Å². The minimum atomic E-state index is 0. The topological polar surface area (TPSA) is 9.23 Å². The molecule has 0 saturated carbocycles. The molecule has 2 rings (SSSR count). The standard InChI is InChI=1S/C10H10OSi.Na/c1-11-12-10-7-6-8-4-2-3-5-9(8)10;/h2-7,10H,1H3;. The predicted molar refractivity (Wildman–Crippen MR) is 56.7 cm³/mol. The Kier molecular flexibility index (Phi) is 4.42. The van der Waals surface area contributed by atoms with Gasteiger partial charge in [0.15, 0.2) is 0 Å². The van der Waals surface area contributed by atoms with Crippen LogP contribution in [0.25, 0.3) is 6.08 Å². The molecule has 1 aromatic carbocycles. The van der Waals surface area contributed by atoms with Crippen LogP contribution < -0.4 is 0 Å². The van der Waals surface area contributed by atoms with Gasteiger partial charge in [-0.25, -0.2) is 0 Å². The van der Waals surface area contributed by atoms with E-state index in [9.17, 15) is 0 Å². The SMILES string of the molecule is CO[Si]C1C=Cc2ccccc21.[Na]. The molecule has 0 saturated heterocycles. The Balaban J connectivity index is 0.000000845. The maximum Gasteiger partial charge on any atom is 0.241 e. The van der Waals surface area contributed by atoms with Gasteiger partial charge in [0.25, 0.3) is 0 Å². The molecule has 0 amide bonds. The van der Waals surface area contributed by atoms with Crippen LogP contribution in [0.5, 0.6) is 0 Å². The molecule has 1 nitrogen and oxygen atoms in total. The second-order valence-corrected chi connectivity index (χ2v) is 4.05. The Labute approximate surface area is 103 Å². The van der Waals surface area contributed by atoms with Crippen LogP contribution in [-0.2, 0) is 4.43 Å². The van der Waals surface area contributed by atoms with E-state index in [-0.39, 0.29) is 29.6 Å². The molecule has 3 radical (unpaired) electrons. The van der Waals surface area contributed by atoms with Crippen molar-refractivity contribution >= 4 is 45.4 Å². The monoisotopic (exact) mass is 197 g/mol. The molecule has 1 aliphatic rings. The van der Waals surface area contributed by atoms with Gasteiger partial charge in [0.2, 0.25) is 9.76 Å². The quantitative estimate of drug-likeness (QED) is 0.655. The molecular formula is C10H10NaOSi. The first-order chi connectivity index (χ1) is 5.92. The van der Waals surface area contributed by atoms with E-state index in [1.165, 1.54) is 11.1 Å². The van der Waals surface area contributed by atoms with Crippen molar-refractivity contribution in [1.29, 1.82) is 0 Å². The summed E-state index contributed by atoms with van der Waals surface area (Å²) in [5.41, 5.74) is 3.23. The molecule has 1 atom stereocenters. The summed E-state index contributed by atoms with van der Waals surface area (Å²) in [6, 6.07) is 8.47. The number of rotatable bonds is 2. The van der Waals surface area contributed by atoms with Gasteiger partial charge in [-0.15, -0.1) is 0 Å². The first-order valence-corrected chi connectivity index (χ1v) is 4.96. The molecule has 0 N–H and O–H groups in total. The third-order valence-electron chi connectivity index (χ3n) is 2.04. The van der Waals surface area contributed by atoms with Crippen LogP contribution >= 0.6 is 0 Å². The Bertz CT molecular complexity index is 312. The number of allylic oxidation sites excluding steroid dienone is 1. The van der Waals surface area contributed by atoms with E-state index in [1.807, 2.05) is 0 Å². The molecule has 1 aliphatic carbocycles. The Morgan fingerprint density at radius 2 is 2.08 bits per heavy atom. The van der Waals surface area contributed by atoms with Gasteiger partial charge in [-0.05, 0) is 11.1 Å². The van der Waals surface area contributed by atoms with Crippen molar-refractivity contribution in [3.63, 3.8) is 0 Å². The van der Waals surface area contributed by atoms with Gasteiger partial charge in [0.1, 0.15) is 0 Å². The van der Waals surface area contributed by atoms with Gasteiger partial charge in [-0.1, -0.05) is 36.4 Å². The van der Waals surface area contributed by atoms with E-state index in [2.05, 4.69) is 36.4 Å². The largest absolute Gasteiger partial charge is 0.420 e. The van der Waals surface area contributed by atoms with Crippen molar-refractivity contribution in [2.75, 3.05) is 7.11 Å². The van der Waals surface area contributed by atoms with Crippen molar-refractivity contribution in [2.45, 2.75) is 5.54 Å². The maximum absolute atomic E-state index is 5.16. The Hall–Kier alpha value is 0.137. The van der Waals surface area contributed by atoms with Gasteiger partial charge in [0.05, 0.1) is 0 Å². The van der Waals surface area contributed by atoms with E-state index >= 15 is 0 Å². The molecule has 0 heterocycles. The number of hydrogen-bond acceptors (Lipinski definition) is 1. The normalized spacial score (nSPS) is 18.1. The molecule has 0 bridgehead atoms. The fraction of sp³-hybridized carbons (Fsp3) is 0.200. The molecule has 1 unspecified atom stereocenters. The molecule has 1 aromatic rings. The number of fused-ring (bicyclic) bond motifs is 1. The zero-order valence-electron chi connectivity index (χ0n) is 7.95. The second-order valence-electron chi connectivity index (χ2n) is 2.79. The summed E-state index contributed by atoms with van der Waals surface area (Å²) in [6.45, 7) is 0. The summed E-state index contributed by atoms with van der Waals surface area (Å²) in [7, 11) is 2.31. The van der Waals surface area contributed by atoms with Crippen molar-refractivity contribution in [3.8, 4) is 0 Å².